The molecule has 2 rings (SSSR count). The van der Waals surface area contributed by atoms with Crippen LogP contribution in [0.4, 0.5) is 0 Å². The van der Waals surface area contributed by atoms with E-state index in [1.54, 1.807) is 31.4 Å². The lowest BCUT2D eigenvalue weighted by atomic mass is 10.3. The Morgan fingerprint density at radius 3 is 3.00 bits per heavy atom. The van der Waals surface area contributed by atoms with Crippen molar-refractivity contribution in [2.75, 3.05) is 7.11 Å². The van der Waals surface area contributed by atoms with Crippen molar-refractivity contribution in [2.24, 2.45) is 0 Å². The second-order valence-corrected chi connectivity index (χ2v) is 5.18. The number of methoxy groups -OCH3 is 1. The average Bonchev–Trinajstić information content (AvgIpc) is 2.32. The van der Waals surface area contributed by atoms with Crippen LogP contribution in [-0.2, 0) is 0 Å². The molecule has 0 spiro atoms. The summed E-state index contributed by atoms with van der Waals surface area (Å²) in [6.07, 6.45) is 3.36. The van der Waals surface area contributed by atoms with Crippen molar-refractivity contribution in [2.45, 2.75) is 9.92 Å². The van der Waals surface area contributed by atoms with Crippen LogP contribution in [0, 0.1) is 3.57 Å². The van der Waals surface area contributed by atoms with Crippen molar-refractivity contribution in [3.8, 4) is 5.75 Å². The minimum Gasteiger partial charge on any atom is -0.497 e. The van der Waals surface area contributed by atoms with Gasteiger partial charge in [-0.05, 0) is 40.8 Å². The molecule has 5 heteroatoms. The van der Waals surface area contributed by atoms with Crippen LogP contribution < -0.4 is 4.74 Å². The Morgan fingerprint density at radius 1 is 1.38 bits per heavy atom. The van der Waals surface area contributed by atoms with E-state index < -0.39 is 0 Å². The standard InChI is InChI=1S/C11H9IN2OS/c1-15-8-3-2-4-9(5-8)16-11-10(12)6-13-7-14-11/h2-7H,1H3. The molecule has 1 heterocycles. The maximum atomic E-state index is 5.17. The normalized spacial score (nSPS) is 10.1. The Bertz CT molecular complexity index is 493. The summed E-state index contributed by atoms with van der Waals surface area (Å²) >= 11 is 3.83. The number of aromatic nitrogens is 2. The molecule has 3 nitrogen and oxygen atoms in total. The van der Waals surface area contributed by atoms with E-state index in [1.807, 2.05) is 24.3 Å². The second-order valence-electron chi connectivity index (χ2n) is 2.96. The topological polar surface area (TPSA) is 35.0 Å². The Kier molecular flexibility index (Phi) is 4.00. The molecule has 16 heavy (non-hydrogen) atoms. The van der Waals surface area contributed by atoms with Crippen LogP contribution in [0.3, 0.4) is 0 Å². The molecule has 0 fully saturated rings. The van der Waals surface area contributed by atoms with Gasteiger partial charge in [-0.15, -0.1) is 0 Å². The molecule has 0 unspecified atom stereocenters. The minimum atomic E-state index is 0.856. The van der Waals surface area contributed by atoms with Crippen molar-refractivity contribution in [1.82, 2.24) is 9.97 Å². The zero-order chi connectivity index (χ0) is 11.4. The highest BCUT2D eigenvalue weighted by Crippen LogP contribution is 2.30. The van der Waals surface area contributed by atoms with Crippen LogP contribution in [0.2, 0.25) is 0 Å². The van der Waals surface area contributed by atoms with Gasteiger partial charge < -0.3 is 4.74 Å². The van der Waals surface area contributed by atoms with Crippen LogP contribution in [0.5, 0.6) is 5.75 Å². The van der Waals surface area contributed by atoms with E-state index >= 15 is 0 Å². The number of rotatable bonds is 3. The smallest absolute Gasteiger partial charge is 0.119 e. The zero-order valence-electron chi connectivity index (χ0n) is 8.55. The van der Waals surface area contributed by atoms with E-state index in [0.29, 0.717) is 0 Å². The van der Waals surface area contributed by atoms with Gasteiger partial charge in [-0.25, -0.2) is 9.97 Å². The first-order valence-corrected chi connectivity index (χ1v) is 6.46. The average molecular weight is 344 g/mol. The highest BCUT2D eigenvalue weighted by atomic mass is 127. The van der Waals surface area contributed by atoms with Crippen LogP contribution in [-0.4, -0.2) is 17.1 Å². The van der Waals surface area contributed by atoms with Gasteiger partial charge in [0, 0.05) is 11.1 Å². The molecular formula is C11H9IN2OS. The zero-order valence-corrected chi connectivity index (χ0v) is 11.5. The summed E-state index contributed by atoms with van der Waals surface area (Å²) in [7, 11) is 1.66. The van der Waals surface area contributed by atoms with Crippen molar-refractivity contribution in [3.05, 3.63) is 40.4 Å². The maximum Gasteiger partial charge on any atom is 0.119 e. The third-order valence-corrected chi connectivity index (χ3v) is 4.05. The molecule has 0 atom stereocenters. The first kappa shape index (κ1) is 11.7. The molecule has 0 aliphatic carbocycles. The van der Waals surface area contributed by atoms with E-state index in [4.69, 9.17) is 4.74 Å². The molecule has 0 saturated carbocycles. The molecular weight excluding hydrogens is 335 g/mol. The fourth-order valence-corrected chi connectivity index (χ4v) is 2.58. The molecule has 0 bridgehead atoms. The third-order valence-electron chi connectivity index (χ3n) is 1.89. The Hall–Kier alpha value is -0.820. The van der Waals surface area contributed by atoms with Crippen molar-refractivity contribution in [1.29, 1.82) is 0 Å². The SMILES string of the molecule is COc1cccc(Sc2ncncc2I)c1. The Morgan fingerprint density at radius 2 is 2.25 bits per heavy atom. The van der Waals surface area contributed by atoms with Crippen LogP contribution in [0.25, 0.3) is 0 Å². The molecule has 0 N–H and O–H groups in total. The molecule has 0 saturated heterocycles. The monoisotopic (exact) mass is 344 g/mol. The van der Waals surface area contributed by atoms with E-state index in [2.05, 4.69) is 32.6 Å². The Labute approximate surface area is 112 Å². The Balaban J connectivity index is 2.24. The molecule has 0 aliphatic rings. The predicted molar refractivity (Wildman–Crippen MR) is 71.9 cm³/mol. The summed E-state index contributed by atoms with van der Waals surface area (Å²) in [5.41, 5.74) is 0. The molecule has 1 aromatic carbocycles. The first-order valence-electron chi connectivity index (χ1n) is 4.57. The van der Waals surface area contributed by atoms with Gasteiger partial charge in [-0.1, -0.05) is 17.8 Å². The highest BCUT2D eigenvalue weighted by Gasteiger charge is 2.04. The second kappa shape index (κ2) is 5.49. The molecule has 2 aromatic rings. The summed E-state index contributed by atoms with van der Waals surface area (Å²) in [6, 6.07) is 7.92. The molecule has 82 valence electrons. The summed E-state index contributed by atoms with van der Waals surface area (Å²) in [4.78, 5) is 9.30. The summed E-state index contributed by atoms with van der Waals surface area (Å²) in [5.74, 6) is 0.856. The van der Waals surface area contributed by atoms with Gasteiger partial charge in [-0.2, -0.15) is 0 Å². The lowest BCUT2D eigenvalue weighted by Crippen LogP contribution is -1.87. The molecule has 0 aliphatic heterocycles. The van der Waals surface area contributed by atoms with Crippen molar-refractivity contribution < 1.29 is 4.74 Å². The van der Waals surface area contributed by atoms with Gasteiger partial charge in [0.25, 0.3) is 0 Å². The van der Waals surface area contributed by atoms with E-state index in [9.17, 15) is 0 Å². The third kappa shape index (κ3) is 2.85. The van der Waals surface area contributed by atoms with Crippen LogP contribution in [0.1, 0.15) is 0 Å². The largest absolute Gasteiger partial charge is 0.497 e. The van der Waals surface area contributed by atoms with Gasteiger partial charge in [0.1, 0.15) is 17.1 Å². The molecule has 0 amide bonds. The number of hydrogen-bond donors (Lipinski definition) is 0. The first-order chi connectivity index (χ1) is 7.79. The van der Waals surface area contributed by atoms with E-state index in [-0.39, 0.29) is 0 Å². The van der Waals surface area contributed by atoms with E-state index in [1.165, 1.54) is 0 Å². The summed E-state index contributed by atoms with van der Waals surface area (Å²) < 4.78 is 6.22. The van der Waals surface area contributed by atoms with Crippen LogP contribution in [0.15, 0.2) is 46.7 Å². The van der Waals surface area contributed by atoms with Crippen LogP contribution >= 0.6 is 34.4 Å². The number of benzene rings is 1. The van der Waals surface area contributed by atoms with Gasteiger partial charge in [0.2, 0.25) is 0 Å². The number of halogens is 1. The molecule has 1 aromatic heterocycles. The van der Waals surface area contributed by atoms with Crippen molar-refractivity contribution in [3.63, 3.8) is 0 Å². The minimum absolute atomic E-state index is 0.856. The van der Waals surface area contributed by atoms with Gasteiger partial charge in [0.15, 0.2) is 0 Å². The van der Waals surface area contributed by atoms with E-state index in [0.717, 1.165) is 19.2 Å². The lowest BCUT2D eigenvalue weighted by Gasteiger charge is -2.04. The fourth-order valence-electron chi connectivity index (χ4n) is 1.15. The fraction of sp³-hybridized carbons (Fsp3) is 0.0909. The lowest BCUT2D eigenvalue weighted by molar-refractivity contribution is 0.413. The van der Waals surface area contributed by atoms with Gasteiger partial charge >= 0.3 is 0 Å². The number of ether oxygens (including phenoxy) is 1. The highest BCUT2D eigenvalue weighted by molar-refractivity contribution is 14.1. The quantitative estimate of drug-likeness (QED) is 0.633. The van der Waals surface area contributed by atoms with Gasteiger partial charge in [0.05, 0.1) is 10.7 Å². The predicted octanol–water partition coefficient (Wildman–Crippen LogP) is 3.24. The summed E-state index contributed by atoms with van der Waals surface area (Å²) in [5, 5.41) is 0.962. The van der Waals surface area contributed by atoms with Gasteiger partial charge in [-0.3, -0.25) is 0 Å². The summed E-state index contributed by atoms with van der Waals surface area (Å²) in [6.45, 7) is 0. The maximum absolute atomic E-state index is 5.17. The van der Waals surface area contributed by atoms with Crippen molar-refractivity contribution >= 4 is 34.4 Å². The number of hydrogen-bond acceptors (Lipinski definition) is 4. The number of nitrogens with zero attached hydrogens (tertiary/aromatic N) is 2. The molecule has 0 radical (unpaired) electrons.